The van der Waals surface area contributed by atoms with Crippen molar-refractivity contribution < 1.29 is 22.8 Å². The van der Waals surface area contributed by atoms with E-state index in [4.69, 9.17) is 0 Å². The van der Waals surface area contributed by atoms with Crippen LogP contribution in [0.3, 0.4) is 0 Å². The number of rotatable bonds is 8. The Morgan fingerprint density at radius 1 is 1.18 bits per heavy atom. The second-order valence-electron chi connectivity index (χ2n) is 8.17. The van der Waals surface area contributed by atoms with Crippen molar-refractivity contribution in [3.63, 3.8) is 0 Å². The minimum Gasteiger partial charge on any atom is -0.352 e. The molecule has 0 spiro atoms. The molecule has 1 aromatic carbocycles. The predicted octanol–water partition coefficient (Wildman–Crippen LogP) is 4.29. The third-order valence-electron chi connectivity index (χ3n) is 5.69. The number of nitrogens with one attached hydrogen (secondary N) is 2. The highest BCUT2D eigenvalue weighted by Gasteiger charge is 2.30. The Morgan fingerprint density at radius 2 is 1.94 bits per heavy atom. The van der Waals surface area contributed by atoms with Crippen LogP contribution in [-0.4, -0.2) is 38.4 Å². The van der Waals surface area contributed by atoms with Crippen LogP contribution in [0.4, 0.5) is 18.9 Å². The molecule has 33 heavy (non-hydrogen) atoms. The van der Waals surface area contributed by atoms with Crippen LogP contribution < -0.4 is 10.6 Å². The van der Waals surface area contributed by atoms with Gasteiger partial charge in [-0.3, -0.25) is 9.59 Å². The molecule has 0 saturated heterocycles. The van der Waals surface area contributed by atoms with Crippen LogP contribution in [0.1, 0.15) is 50.9 Å². The molecule has 1 fully saturated rings. The Hall–Kier alpha value is -2.56. The van der Waals surface area contributed by atoms with E-state index >= 15 is 0 Å². The molecular weight excluding hydrogens is 455 g/mol. The number of alkyl halides is 3. The first-order valence-electron chi connectivity index (χ1n) is 11.0. The molecular formula is C22H28F3N5O2S. The van der Waals surface area contributed by atoms with Crippen LogP contribution in [0.5, 0.6) is 0 Å². The number of carbonyl (C=O) groups excluding carboxylic acids is 2. The maximum absolute atomic E-state index is 12.9. The SMILES string of the molecule is CCn1c(CC(=O)Nc2cccc(C(F)(F)F)c2)nnc1SCC(=O)N[C@@H]1CCCC[C@H]1C. The minimum atomic E-state index is -4.49. The van der Waals surface area contributed by atoms with Crippen LogP contribution in [0.2, 0.25) is 0 Å². The van der Waals surface area contributed by atoms with E-state index in [-0.39, 0.29) is 29.8 Å². The minimum absolute atomic E-state index is 0.0561. The van der Waals surface area contributed by atoms with Gasteiger partial charge in [0.25, 0.3) is 0 Å². The van der Waals surface area contributed by atoms with Crippen LogP contribution in [-0.2, 0) is 28.7 Å². The van der Waals surface area contributed by atoms with E-state index in [0.29, 0.717) is 23.4 Å². The average molecular weight is 484 g/mol. The summed E-state index contributed by atoms with van der Waals surface area (Å²) in [6.07, 6.45) is -0.202. The lowest BCUT2D eigenvalue weighted by molar-refractivity contribution is -0.137. The summed E-state index contributed by atoms with van der Waals surface area (Å²) in [4.78, 5) is 24.8. The molecule has 1 aliphatic carbocycles. The van der Waals surface area contributed by atoms with Gasteiger partial charge in [-0.05, 0) is 43.9 Å². The van der Waals surface area contributed by atoms with Gasteiger partial charge < -0.3 is 15.2 Å². The largest absolute Gasteiger partial charge is 0.416 e. The fourth-order valence-corrected chi connectivity index (χ4v) is 4.74. The second kappa shape index (κ2) is 11.0. The van der Waals surface area contributed by atoms with Crippen LogP contribution in [0.25, 0.3) is 0 Å². The van der Waals surface area contributed by atoms with Crippen LogP contribution in [0, 0.1) is 5.92 Å². The molecule has 0 radical (unpaired) electrons. The molecule has 3 rings (SSSR count). The summed E-state index contributed by atoms with van der Waals surface area (Å²) in [5, 5.41) is 14.2. The summed E-state index contributed by atoms with van der Waals surface area (Å²) in [6, 6.07) is 4.66. The Bertz CT molecular complexity index is 979. The summed E-state index contributed by atoms with van der Waals surface area (Å²) in [7, 11) is 0. The van der Waals surface area contributed by atoms with Crippen molar-refractivity contribution in [3.8, 4) is 0 Å². The van der Waals surface area contributed by atoms with Gasteiger partial charge in [0.15, 0.2) is 5.16 Å². The number of anilines is 1. The number of carbonyl (C=O) groups is 2. The van der Waals surface area contributed by atoms with Gasteiger partial charge in [0.1, 0.15) is 5.82 Å². The normalized spacial score (nSPS) is 18.7. The topological polar surface area (TPSA) is 88.9 Å². The third-order valence-corrected chi connectivity index (χ3v) is 6.66. The first-order chi connectivity index (χ1) is 15.7. The molecule has 11 heteroatoms. The lowest BCUT2D eigenvalue weighted by atomic mass is 9.86. The van der Waals surface area contributed by atoms with E-state index in [1.807, 2.05) is 6.92 Å². The number of nitrogens with zero attached hydrogens (tertiary/aromatic N) is 3. The number of aromatic nitrogens is 3. The fourth-order valence-electron chi connectivity index (χ4n) is 3.91. The van der Waals surface area contributed by atoms with Gasteiger partial charge in [0.05, 0.1) is 17.7 Å². The maximum Gasteiger partial charge on any atom is 0.416 e. The Morgan fingerprint density at radius 3 is 2.64 bits per heavy atom. The lowest BCUT2D eigenvalue weighted by Crippen LogP contribution is -2.41. The standard InChI is InChI=1S/C22H28F3N5O2S/c1-3-30-18(12-19(31)26-16-9-6-8-15(11-16)22(23,24)25)28-29-21(30)33-13-20(32)27-17-10-5-4-7-14(17)2/h6,8-9,11,14,17H,3-5,7,10,12-13H2,1-2H3,(H,26,31)(H,27,32)/t14-,17-/m1/s1. The highest BCUT2D eigenvalue weighted by Crippen LogP contribution is 2.30. The number of hydrogen-bond donors (Lipinski definition) is 2. The van der Waals surface area contributed by atoms with Gasteiger partial charge in [-0.2, -0.15) is 13.2 Å². The molecule has 7 nitrogen and oxygen atoms in total. The van der Waals surface area contributed by atoms with Crippen molar-refractivity contribution in [2.24, 2.45) is 5.92 Å². The quantitative estimate of drug-likeness (QED) is 0.547. The zero-order chi connectivity index (χ0) is 24.0. The number of thioether (sulfide) groups is 1. The Balaban J connectivity index is 1.56. The third kappa shape index (κ3) is 6.96. The van der Waals surface area contributed by atoms with Crippen molar-refractivity contribution in [2.75, 3.05) is 11.1 Å². The molecule has 1 aromatic heterocycles. The summed E-state index contributed by atoms with van der Waals surface area (Å²) in [6.45, 7) is 4.51. The van der Waals surface area contributed by atoms with Crippen LogP contribution >= 0.6 is 11.8 Å². The Kier molecular flexibility index (Phi) is 8.39. The van der Waals surface area contributed by atoms with Gasteiger partial charge in [-0.15, -0.1) is 10.2 Å². The predicted molar refractivity (Wildman–Crippen MR) is 120 cm³/mol. The van der Waals surface area contributed by atoms with Crippen LogP contribution in [0.15, 0.2) is 29.4 Å². The van der Waals surface area contributed by atoms with Crippen molar-refractivity contribution >= 4 is 29.3 Å². The lowest BCUT2D eigenvalue weighted by Gasteiger charge is -2.29. The molecule has 0 unspecified atom stereocenters. The number of halogens is 3. The van der Waals surface area contributed by atoms with E-state index in [1.165, 1.54) is 30.3 Å². The van der Waals surface area contributed by atoms with E-state index in [9.17, 15) is 22.8 Å². The molecule has 180 valence electrons. The van der Waals surface area contributed by atoms with E-state index in [1.54, 1.807) is 4.57 Å². The smallest absolute Gasteiger partial charge is 0.352 e. The van der Waals surface area contributed by atoms with E-state index in [2.05, 4.69) is 27.8 Å². The highest BCUT2D eigenvalue weighted by molar-refractivity contribution is 7.99. The highest BCUT2D eigenvalue weighted by atomic mass is 32.2. The van der Waals surface area contributed by atoms with Crippen molar-refractivity contribution in [2.45, 2.75) is 69.9 Å². The molecule has 1 saturated carbocycles. The zero-order valence-corrected chi connectivity index (χ0v) is 19.4. The zero-order valence-electron chi connectivity index (χ0n) is 18.6. The molecule has 2 N–H and O–H groups in total. The summed E-state index contributed by atoms with van der Waals surface area (Å²) < 4.78 is 40.3. The second-order valence-corrected chi connectivity index (χ2v) is 9.11. The summed E-state index contributed by atoms with van der Waals surface area (Å²) >= 11 is 1.25. The van der Waals surface area contributed by atoms with Gasteiger partial charge in [0, 0.05) is 18.3 Å². The summed E-state index contributed by atoms with van der Waals surface area (Å²) in [5.74, 6) is 0.475. The van der Waals surface area contributed by atoms with Crippen molar-refractivity contribution in [3.05, 3.63) is 35.7 Å². The molecule has 2 atom stereocenters. The van der Waals surface area contributed by atoms with Crippen molar-refractivity contribution in [1.82, 2.24) is 20.1 Å². The molecule has 0 aliphatic heterocycles. The van der Waals surface area contributed by atoms with Gasteiger partial charge in [-0.1, -0.05) is 37.6 Å². The summed E-state index contributed by atoms with van der Waals surface area (Å²) in [5.41, 5.74) is -0.780. The van der Waals surface area contributed by atoms with Gasteiger partial charge >= 0.3 is 6.18 Å². The van der Waals surface area contributed by atoms with Gasteiger partial charge in [-0.25, -0.2) is 0 Å². The number of hydrogen-bond acceptors (Lipinski definition) is 5. The molecule has 2 aromatic rings. The molecule has 2 amide bonds. The molecule has 0 bridgehead atoms. The fraction of sp³-hybridized carbons (Fsp3) is 0.545. The number of benzene rings is 1. The first-order valence-corrected chi connectivity index (χ1v) is 12.0. The van der Waals surface area contributed by atoms with Crippen molar-refractivity contribution in [1.29, 1.82) is 0 Å². The van der Waals surface area contributed by atoms with Gasteiger partial charge in [0.2, 0.25) is 11.8 Å². The monoisotopic (exact) mass is 483 g/mol. The molecule has 1 heterocycles. The molecule has 1 aliphatic rings. The maximum atomic E-state index is 12.9. The number of amides is 2. The van der Waals surface area contributed by atoms with E-state index < -0.39 is 17.6 Å². The van der Waals surface area contributed by atoms with E-state index in [0.717, 1.165) is 31.4 Å². The first kappa shape index (κ1) is 25.1. The average Bonchev–Trinajstić information content (AvgIpc) is 3.14. The Labute approximate surface area is 194 Å².